The Kier molecular flexibility index (Phi) is 6.85. The zero-order chi connectivity index (χ0) is 21.6. The number of nitrogens with one attached hydrogen (secondary N) is 2. The molecule has 1 saturated heterocycles. The second kappa shape index (κ2) is 9.94. The third-order valence-corrected chi connectivity index (χ3v) is 5.92. The number of amides is 1. The van der Waals surface area contributed by atoms with Crippen LogP contribution in [-0.2, 0) is 6.54 Å². The number of rotatable bonds is 6. The van der Waals surface area contributed by atoms with Gasteiger partial charge in [0.15, 0.2) is 0 Å². The molecule has 0 bridgehead atoms. The van der Waals surface area contributed by atoms with Crippen LogP contribution in [0.25, 0.3) is 11.1 Å². The molecule has 0 spiro atoms. The molecule has 0 aliphatic carbocycles. The molecule has 1 fully saturated rings. The van der Waals surface area contributed by atoms with Crippen LogP contribution in [0.2, 0.25) is 5.02 Å². The first-order chi connectivity index (χ1) is 15.1. The summed E-state index contributed by atoms with van der Waals surface area (Å²) in [6.07, 6.45) is 5.37. The van der Waals surface area contributed by atoms with E-state index in [1.54, 1.807) is 19.3 Å². The number of carbonyl (C=O) groups excluding carboxylic acids is 1. The zero-order valence-electron chi connectivity index (χ0n) is 17.7. The Bertz CT molecular complexity index is 1050. The number of hydrogen-bond donors (Lipinski definition) is 2. The zero-order valence-corrected chi connectivity index (χ0v) is 18.5. The van der Waals surface area contributed by atoms with Crippen molar-refractivity contribution in [3.63, 3.8) is 0 Å². The van der Waals surface area contributed by atoms with Gasteiger partial charge < -0.3 is 10.6 Å². The molecular formula is C25H27ClN4O. The average Bonchev–Trinajstić information content (AvgIpc) is 2.80. The Morgan fingerprint density at radius 2 is 1.84 bits per heavy atom. The molecule has 0 atom stereocenters. The van der Waals surface area contributed by atoms with E-state index in [0.717, 1.165) is 19.6 Å². The van der Waals surface area contributed by atoms with Crippen molar-refractivity contribution in [3.8, 4) is 11.1 Å². The highest BCUT2D eigenvalue weighted by Crippen LogP contribution is 2.28. The SMILES string of the molecule is CNc1ncc(NC(=O)c2ccc(-c3ccccc3)c(CN3CCCCC3)c2)cc1Cl. The number of hydrogen-bond acceptors (Lipinski definition) is 4. The van der Waals surface area contributed by atoms with E-state index in [2.05, 4.69) is 38.7 Å². The quantitative estimate of drug-likeness (QED) is 0.523. The molecule has 2 N–H and O–H groups in total. The first kappa shape index (κ1) is 21.3. The number of anilines is 2. The van der Waals surface area contributed by atoms with Gasteiger partial charge in [-0.15, -0.1) is 0 Å². The molecule has 1 aromatic heterocycles. The van der Waals surface area contributed by atoms with Gasteiger partial charge in [0.1, 0.15) is 5.82 Å². The summed E-state index contributed by atoms with van der Waals surface area (Å²) >= 11 is 6.20. The minimum atomic E-state index is -0.172. The van der Waals surface area contributed by atoms with E-state index in [9.17, 15) is 4.79 Å². The highest BCUT2D eigenvalue weighted by atomic mass is 35.5. The van der Waals surface area contributed by atoms with E-state index < -0.39 is 0 Å². The van der Waals surface area contributed by atoms with E-state index >= 15 is 0 Å². The predicted octanol–water partition coefficient (Wildman–Crippen LogP) is 5.68. The number of benzene rings is 2. The Labute approximate surface area is 188 Å². The molecule has 31 heavy (non-hydrogen) atoms. The lowest BCUT2D eigenvalue weighted by Gasteiger charge is -2.27. The molecule has 6 heteroatoms. The van der Waals surface area contributed by atoms with Crippen LogP contribution in [-0.4, -0.2) is 35.9 Å². The topological polar surface area (TPSA) is 57.3 Å². The van der Waals surface area contributed by atoms with Gasteiger partial charge in [-0.3, -0.25) is 9.69 Å². The van der Waals surface area contributed by atoms with Crippen LogP contribution in [0.4, 0.5) is 11.5 Å². The maximum Gasteiger partial charge on any atom is 0.255 e. The molecule has 1 aliphatic heterocycles. The molecule has 4 rings (SSSR count). The maximum absolute atomic E-state index is 13.0. The number of piperidine rings is 1. The smallest absolute Gasteiger partial charge is 0.255 e. The van der Waals surface area contributed by atoms with Crippen LogP contribution < -0.4 is 10.6 Å². The fraction of sp³-hybridized carbons (Fsp3) is 0.280. The van der Waals surface area contributed by atoms with E-state index in [0.29, 0.717) is 22.1 Å². The fourth-order valence-corrected chi connectivity index (χ4v) is 4.28. The number of pyridine rings is 1. The third kappa shape index (κ3) is 5.24. The Hall–Kier alpha value is -2.89. The average molecular weight is 435 g/mol. The third-order valence-electron chi connectivity index (χ3n) is 5.63. The van der Waals surface area contributed by atoms with Crippen LogP contribution in [0, 0.1) is 0 Å². The number of nitrogens with zero attached hydrogens (tertiary/aromatic N) is 2. The second-order valence-electron chi connectivity index (χ2n) is 7.83. The van der Waals surface area contributed by atoms with Gasteiger partial charge in [0, 0.05) is 19.2 Å². The first-order valence-electron chi connectivity index (χ1n) is 10.7. The summed E-state index contributed by atoms with van der Waals surface area (Å²) in [6, 6.07) is 18.0. The van der Waals surface area contributed by atoms with Crippen molar-refractivity contribution < 1.29 is 4.79 Å². The highest BCUT2D eigenvalue weighted by Gasteiger charge is 2.16. The summed E-state index contributed by atoms with van der Waals surface area (Å²) in [5, 5.41) is 6.29. The summed E-state index contributed by atoms with van der Waals surface area (Å²) in [6.45, 7) is 3.05. The molecule has 1 aliphatic rings. The number of carbonyl (C=O) groups is 1. The second-order valence-corrected chi connectivity index (χ2v) is 8.24. The van der Waals surface area contributed by atoms with E-state index in [1.807, 2.05) is 30.3 Å². The van der Waals surface area contributed by atoms with Crippen molar-refractivity contribution in [3.05, 3.63) is 76.9 Å². The molecule has 2 aromatic carbocycles. The molecule has 2 heterocycles. The fourth-order valence-electron chi connectivity index (χ4n) is 4.02. The summed E-state index contributed by atoms with van der Waals surface area (Å²) in [5.74, 6) is 0.408. The van der Waals surface area contributed by atoms with Gasteiger partial charge in [0.2, 0.25) is 0 Å². The van der Waals surface area contributed by atoms with Gasteiger partial charge in [0.25, 0.3) is 5.91 Å². The standard InChI is InChI=1S/C25H27ClN4O/c1-27-24-23(26)15-21(16-28-24)29-25(31)19-10-11-22(18-8-4-2-5-9-18)20(14-19)17-30-12-6-3-7-13-30/h2,4-5,8-11,14-16H,3,6-7,12-13,17H2,1H3,(H,27,28)(H,29,31). The summed E-state index contributed by atoms with van der Waals surface area (Å²) in [7, 11) is 1.75. The minimum absolute atomic E-state index is 0.172. The molecule has 0 unspecified atom stereocenters. The van der Waals surface area contributed by atoms with E-state index in [1.165, 1.54) is 36.0 Å². The molecule has 1 amide bonds. The van der Waals surface area contributed by atoms with Crippen LogP contribution >= 0.6 is 11.6 Å². The van der Waals surface area contributed by atoms with Gasteiger partial charge in [0.05, 0.1) is 16.9 Å². The monoisotopic (exact) mass is 434 g/mol. The van der Waals surface area contributed by atoms with Crippen molar-refractivity contribution in [1.82, 2.24) is 9.88 Å². The normalized spacial score (nSPS) is 14.3. The van der Waals surface area contributed by atoms with Gasteiger partial charge >= 0.3 is 0 Å². The molecule has 5 nitrogen and oxygen atoms in total. The molecular weight excluding hydrogens is 408 g/mol. The van der Waals surface area contributed by atoms with Crippen molar-refractivity contribution in [2.24, 2.45) is 0 Å². The van der Waals surface area contributed by atoms with Crippen LogP contribution in [0.5, 0.6) is 0 Å². The number of likely N-dealkylation sites (tertiary alicyclic amines) is 1. The number of halogens is 1. The van der Waals surface area contributed by atoms with Crippen molar-refractivity contribution in [1.29, 1.82) is 0 Å². The number of aromatic nitrogens is 1. The summed E-state index contributed by atoms with van der Waals surface area (Å²) in [5.41, 5.74) is 4.70. The van der Waals surface area contributed by atoms with Crippen LogP contribution in [0.1, 0.15) is 35.2 Å². The molecule has 0 radical (unpaired) electrons. The van der Waals surface area contributed by atoms with Crippen LogP contribution in [0.15, 0.2) is 60.8 Å². The van der Waals surface area contributed by atoms with Crippen LogP contribution in [0.3, 0.4) is 0 Å². The van der Waals surface area contributed by atoms with Gasteiger partial charge in [-0.05, 0) is 60.8 Å². The van der Waals surface area contributed by atoms with Crippen molar-refractivity contribution >= 4 is 29.0 Å². The lowest BCUT2D eigenvalue weighted by atomic mass is 9.96. The van der Waals surface area contributed by atoms with Gasteiger partial charge in [-0.25, -0.2) is 4.98 Å². The lowest BCUT2D eigenvalue weighted by Crippen LogP contribution is -2.29. The van der Waals surface area contributed by atoms with Crippen molar-refractivity contribution in [2.75, 3.05) is 30.8 Å². The molecule has 0 saturated carbocycles. The van der Waals surface area contributed by atoms with Gasteiger partial charge in [-0.1, -0.05) is 54.4 Å². The molecule has 3 aromatic rings. The van der Waals surface area contributed by atoms with E-state index in [-0.39, 0.29) is 5.91 Å². The first-order valence-corrected chi connectivity index (χ1v) is 11.1. The lowest BCUT2D eigenvalue weighted by molar-refractivity contribution is 0.102. The van der Waals surface area contributed by atoms with Crippen molar-refractivity contribution in [2.45, 2.75) is 25.8 Å². The van der Waals surface area contributed by atoms with E-state index in [4.69, 9.17) is 11.6 Å². The summed E-state index contributed by atoms with van der Waals surface area (Å²) < 4.78 is 0. The molecule has 160 valence electrons. The Balaban J connectivity index is 1.61. The predicted molar refractivity (Wildman–Crippen MR) is 128 cm³/mol. The highest BCUT2D eigenvalue weighted by molar-refractivity contribution is 6.33. The maximum atomic E-state index is 13.0. The Morgan fingerprint density at radius 3 is 2.55 bits per heavy atom. The van der Waals surface area contributed by atoms with Gasteiger partial charge in [-0.2, -0.15) is 0 Å². The summed E-state index contributed by atoms with van der Waals surface area (Å²) in [4.78, 5) is 19.7. The largest absolute Gasteiger partial charge is 0.372 e. The Morgan fingerprint density at radius 1 is 1.06 bits per heavy atom. The minimum Gasteiger partial charge on any atom is -0.372 e.